The van der Waals surface area contributed by atoms with Gasteiger partial charge in [0.15, 0.2) is 0 Å². The van der Waals surface area contributed by atoms with Crippen LogP contribution in [0.4, 0.5) is 5.00 Å². The van der Waals surface area contributed by atoms with E-state index in [1.807, 2.05) is 6.07 Å². The Kier molecular flexibility index (Phi) is 1.63. The lowest BCUT2D eigenvalue weighted by molar-refractivity contribution is 0.482. The standard InChI is InChI=1S/C8H6ClNOS/c9-5-1-2-6-4(8(5)11)3-7(10)12-6/h1-3,11H,10H2. The fourth-order valence-corrected chi connectivity index (χ4v) is 2.09. The molecule has 0 spiro atoms. The summed E-state index contributed by atoms with van der Waals surface area (Å²) >= 11 is 7.14. The second-order valence-corrected chi connectivity index (χ2v) is 3.98. The summed E-state index contributed by atoms with van der Waals surface area (Å²) in [5.74, 6) is 0.113. The highest BCUT2D eigenvalue weighted by Crippen LogP contribution is 2.37. The van der Waals surface area contributed by atoms with Gasteiger partial charge >= 0.3 is 0 Å². The van der Waals surface area contributed by atoms with Gasteiger partial charge in [-0.1, -0.05) is 11.6 Å². The molecule has 2 rings (SSSR count). The summed E-state index contributed by atoms with van der Waals surface area (Å²) in [6, 6.07) is 5.23. The van der Waals surface area contributed by atoms with Crippen LogP contribution in [0, 0.1) is 0 Å². The van der Waals surface area contributed by atoms with Crippen LogP contribution in [-0.2, 0) is 0 Å². The largest absolute Gasteiger partial charge is 0.506 e. The minimum Gasteiger partial charge on any atom is -0.506 e. The van der Waals surface area contributed by atoms with Crippen LogP contribution in [0.15, 0.2) is 18.2 Å². The number of thiophene rings is 1. The Bertz CT molecular complexity index is 438. The molecule has 1 aromatic carbocycles. The van der Waals surface area contributed by atoms with Crippen molar-refractivity contribution in [2.45, 2.75) is 0 Å². The summed E-state index contributed by atoms with van der Waals surface area (Å²) in [5.41, 5.74) is 5.57. The van der Waals surface area contributed by atoms with E-state index in [0.717, 1.165) is 10.1 Å². The molecular weight excluding hydrogens is 194 g/mol. The molecule has 0 atom stereocenters. The first-order chi connectivity index (χ1) is 5.68. The van der Waals surface area contributed by atoms with Gasteiger partial charge in [-0.2, -0.15) is 0 Å². The summed E-state index contributed by atoms with van der Waals surface area (Å²) in [6.07, 6.45) is 0. The number of halogens is 1. The highest BCUT2D eigenvalue weighted by molar-refractivity contribution is 7.22. The van der Waals surface area contributed by atoms with Crippen LogP contribution in [0.25, 0.3) is 10.1 Å². The molecule has 0 aliphatic heterocycles. The van der Waals surface area contributed by atoms with Crippen molar-refractivity contribution in [3.63, 3.8) is 0 Å². The van der Waals surface area contributed by atoms with Crippen molar-refractivity contribution in [3.05, 3.63) is 23.2 Å². The maximum Gasteiger partial charge on any atom is 0.142 e. The van der Waals surface area contributed by atoms with E-state index in [-0.39, 0.29) is 5.75 Å². The van der Waals surface area contributed by atoms with E-state index in [2.05, 4.69) is 0 Å². The molecule has 2 nitrogen and oxygen atoms in total. The molecule has 1 heterocycles. The van der Waals surface area contributed by atoms with Gasteiger partial charge in [-0.05, 0) is 18.2 Å². The van der Waals surface area contributed by atoms with Gasteiger partial charge in [-0.3, -0.25) is 0 Å². The Hall–Kier alpha value is -0.930. The number of phenols is 1. The van der Waals surface area contributed by atoms with Crippen molar-refractivity contribution in [2.24, 2.45) is 0 Å². The lowest BCUT2D eigenvalue weighted by atomic mass is 10.2. The Morgan fingerprint density at radius 2 is 2.17 bits per heavy atom. The molecule has 62 valence electrons. The predicted molar refractivity (Wildman–Crippen MR) is 52.9 cm³/mol. The molecular formula is C8H6ClNOS. The van der Waals surface area contributed by atoms with Crippen molar-refractivity contribution in [1.82, 2.24) is 0 Å². The van der Waals surface area contributed by atoms with Crippen molar-refractivity contribution < 1.29 is 5.11 Å². The molecule has 3 N–H and O–H groups in total. The van der Waals surface area contributed by atoms with E-state index >= 15 is 0 Å². The Balaban J connectivity index is 2.89. The quantitative estimate of drug-likeness (QED) is 0.686. The van der Waals surface area contributed by atoms with Gasteiger partial charge in [0.1, 0.15) is 5.75 Å². The van der Waals surface area contributed by atoms with Gasteiger partial charge in [-0.15, -0.1) is 11.3 Å². The van der Waals surface area contributed by atoms with Gasteiger partial charge in [0, 0.05) is 10.1 Å². The minimum atomic E-state index is 0.113. The first kappa shape index (κ1) is 7.71. The highest BCUT2D eigenvalue weighted by atomic mass is 35.5. The van der Waals surface area contributed by atoms with Crippen LogP contribution >= 0.6 is 22.9 Å². The van der Waals surface area contributed by atoms with E-state index in [1.54, 1.807) is 12.1 Å². The van der Waals surface area contributed by atoms with E-state index in [0.29, 0.717) is 10.0 Å². The first-order valence-electron chi connectivity index (χ1n) is 3.35. The molecule has 0 aliphatic carbocycles. The first-order valence-corrected chi connectivity index (χ1v) is 4.54. The highest BCUT2D eigenvalue weighted by Gasteiger charge is 2.06. The number of aromatic hydroxyl groups is 1. The minimum absolute atomic E-state index is 0.113. The third kappa shape index (κ3) is 1.02. The van der Waals surface area contributed by atoms with Crippen LogP contribution in [0.1, 0.15) is 0 Å². The molecule has 0 bridgehead atoms. The summed E-state index contributed by atoms with van der Waals surface area (Å²) in [4.78, 5) is 0. The van der Waals surface area contributed by atoms with Crippen LogP contribution < -0.4 is 5.73 Å². The molecule has 0 unspecified atom stereocenters. The number of phenolic OH excluding ortho intramolecular Hbond substituents is 1. The summed E-state index contributed by atoms with van der Waals surface area (Å²) in [5, 5.41) is 11.3. The third-order valence-electron chi connectivity index (χ3n) is 1.64. The van der Waals surface area contributed by atoms with Gasteiger partial charge in [0.2, 0.25) is 0 Å². The van der Waals surface area contributed by atoms with Crippen LogP contribution in [0.3, 0.4) is 0 Å². The molecule has 1 aromatic heterocycles. The number of rotatable bonds is 0. The Labute approximate surface area is 78.2 Å². The smallest absolute Gasteiger partial charge is 0.142 e. The lowest BCUT2D eigenvalue weighted by Crippen LogP contribution is -1.73. The zero-order chi connectivity index (χ0) is 8.72. The van der Waals surface area contributed by atoms with Gasteiger partial charge in [0.25, 0.3) is 0 Å². The van der Waals surface area contributed by atoms with Crippen LogP contribution in [0.2, 0.25) is 5.02 Å². The van der Waals surface area contributed by atoms with Crippen LogP contribution in [0.5, 0.6) is 5.75 Å². The van der Waals surface area contributed by atoms with Gasteiger partial charge in [-0.25, -0.2) is 0 Å². The summed E-state index contributed by atoms with van der Waals surface area (Å²) in [7, 11) is 0. The topological polar surface area (TPSA) is 46.2 Å². The fraction of sp³-hybridized carbons (Fsp3) is 0. The predicted octanol–water partition coefficient (Wildman–Crippen LogP) is 2.84. The van der Waals surface area contributed by atoms with Crippen molar-refractivity contribution >= 4 is 38.0 Å². The van der Waals surface area contributed by atoms with Crippen molar-refractivity contribution in [1.29, 1.82) is 0 Å². The lowest BCUT2D eigenvalue weighted by Gasteiger charge is -1.95. The summed E-state index contributed by atoms with van der Waals surface area (Å²) < 4.78 is 0.953. The Morgan fingerprint density at radius 3 is 2.92 bits per heavy atom. The molecule has 12 heavy (non-hydrogen) atoms. The number of anilines is 1. The second-order valence-electron chi connectivity index (χ2n) is 2.46. The molecule has 0 saturated heterocycles. The maximum absolute atomic E-state index is 9.49. The Morgan fingerprint density at radius 1 is 1.42 bits per heavy atom. The molecule has 4 heteroatoms. The molecule has 0 fully saturated rings. The molecule has 0 saturated carbocycles. The zero-order valence-electron chi connectivity index (χ0n) is 6.04. The number of benzene rings is 1. The number of nitrogen functional groups attached to an aromatic ring is 1. The van der Waals surface area contributed by atoms with Gasteiger partial charge < -0.3 is 10.8 Å². The third-order valence-corrected chi connectivity index (χ3v) is 2.88. The summed E-state index contributed by atoms with van der Waals surface area (Å²) in [6.45, 7) is 0. The van der Waals surface area contributed by atoms with Crippen LogP contribution in [-0.4, -0.2) is 5.11 Å². The maximum atomic E-state index is 9.49. The van der Waals surface area contributed by atoms with Gasteiger partial charge in [0.05, 0.1) is 10.0 Å². The fourth-order valence-electron chi connectivity index (χ4n) is 1.09. The van der Waals surface area contributed by atoms with E-state index in [1.165, 1.54) is 11.3 Å². The van der Waals surface area contributed by atoms with Crippen molar-refractivity contribution in [2.75, 3.05) is 5.73 Å². The average molecular weight is 200 g/mol. The number of fused-ring (bicyclic) bond motifs is 1. The van der Waals surface area contributed by atoms with E-state index in [9.17, 15) is 5.11 Å². The molecule has 0 radical (unpaired) electrons. The number of hydrogen-bond acceptors (Lipinski definition) is 3. The van der Waals surface area contributed by atoms with Crippen molar-refractivity contribution in [3.8, 4) is 5.75 Å². The average Bonchev–Trinajstić information content (AvgIpc) is 2.39. The monoisotopic (exact) mass is 199 g/mol. The second kappa shape index (κ2) is 2.54. The molecule has 0 aliphatic rings. The van der Waals surface area contributed by atoms with E-state index in [4.69, 9.17) is 17.3 Å². The van der Waals surface area contributed by atoms with E-state index < -0.39 is 0 Å². The molecule has 0 amide bonds. The molecule has 2 aromatic rings. The number of hydrogen-bond donors (Lipinski definition) is 2. The number of nitrogens with two attached hydrogens (primary N) is 1. The SMILES string of the molecule is Nc1cc2c(O)c(Cl)ccc2s1. The normalized spacial score (nSPS) is 10.8. The zero-order valence-corrected chi connectivity index (χ0v) is 7.62.